The predicted molar refractivity (Wildman–Crippen MR) is 142 cm³/mol. The Balaban J connectivity index is 1.53. The van der Waals surface area contributed by atoms with Gasteiger partial charge in [0.05, 0.1) is 23.2 Å². The molecule has 1 aliphatic heterocycles. The number of hydrogen-bond acceptors (Lipinski definition) is 4. The van der Waals surface area contributed by atoms with E-state index in [2.05, 4.69) is 45.5 Å². The van der Waals surface area contributed by atoms with E-state index >= 15 is 0 Å². The number of fused-ring (bicyclic) bond motifs is 1. The summed E-state index contributed by atoms with van der Waals surface area (Å²) in [6, 6.07) is 2.29. The second-order valence-corrected chi connectivity index (χ2v) is 16.8. The molecule has 2 aromatic rings. The van der Waals surface area contributed by atoms with Crippen molar-refractivity contribution in [3.8, 4) is 0 Å². The van der Waals surface area contributed by atoms with Crippen molar-refractivity contribution >= 4 is 37.2 Å². The molecule has 1 aliphatic carbocycles. The van der Waals surface area contributed by atoms with E-state index in [1.165, 1.54) is 4.90 Å². The highest BCUT2D eigenvalue weighted by atomic mass is 35.5. The van der Waals surface area contributed by atoms with Crippen LogP contribution in [0.25, 0.3) is 5.52 Å². The van der Waals surface area contributed by atoms with Gasteiger partial charge >= 0.3 is 6.18 Å². The predicted octanol–water partition coefficient (Wildman–Crippen LogP) is 5.74. The van der Waals surface area contributed by atoms with Crippen molar-refractivity contribution in [3.05, 3.63) is 46.8 Å². The summed E-state index contributed by atoms with van der Waals surface area (Å²) < 4.78 is 48.4. The van der Waals surface area contributed by atoms with Gasteiger partial charge in [-0.2, -0.15) is 18.3 Å². The van der Waals surface area contributed by atoms with Gasteiger partial charge in [-0.1, -0.05) is 38.4 Å². The molecular formula is C26H34ClF3N4O3Si. The summed E-state index contributed by atoms with van der Waals surface area (Å²) in [5, 5.41) is 3.82. The quantitative estimate of drug-likeness (QED) is 0.314. The molecule has 1 saturated carbocycles. The Morgan fingerprint density at radius 1 is 1.26 bits per heavy atom. The molecule has 0 aromatic carbocycles. The van der Waals surface area contributed by atoms with Crippen LogP contribution in [-0.4, -0.2) is 71.8 Å². The minimum Gasteiger partial charge on any atom is -0.414 e. The first-order chi connectivity index (χ1) is 17.5. The SMILES string of the molecule is C=C[C@@H](CO[Si](C)(C)C(C)(C)C)N1CCN(C(=O)c2nn3c(C(F)(F)F)cc(C4CC4)cc3c2Cl)CC1=O. The van der Waals surface area contributed by atoms with Crippen molar-refractivity contribution in [1.29, 1.82) is 0 Å². The first-order valence-electron chi connectivity index (χ1n) is 12.7. The summed E-state index contributed by atoms with van der Waals surface area (Å²) in [5.74, 6) is -0.934. The maximum absolute atomic E-state index is 13.8. The lowest BCUT2D eigenvalue weighted by Gasteiger charge is -2.41. The van der Waals surface area contributed by atoms with Gasteiger partial charge in [-0.05, 0) is 54.6 Å². The summed E-state index contributed by atoms with van der Waals surface area (Å²) in [5.41, 5.74) is -0.710. The highest BCUT2D eigenvalue weighted by molar-refractivity contribution is 6.74. The third-order valence-corrected chi connectivity index (χ3v) is 12.7. The molecular weight excluding hydrogens is 537 g/mol. The van der Waals surface area contributed by atoms with Crippen LogP contribution in [0, 0.1) is 0 Å². The smallest absolute Gasteiger partial charge is 0.414 e. The highest BCUT2D eigenvalue weighted by Gasteiger charge is 2.40. The number of nitrogens with zero attached hydrogens (tertiary/aromatic N) is 4. The van der Waals surface area contributed by atoms with Crippen LogP contribution in [0.3, 0.4) is 0 Å². The Kier molecular flexibility index (Phi) is 7.52. The Morgan fingerprint density at radius 2 is 1.92 bits per heavy atom. The molecule has 1 saturated heterocycles. The number of rotatable bonds is 7. The van der Waals surface area contributed by atoms with Crippen molar-refractivity contribution < 1.29 is 27.2 Å². The van der Waals surface area contributed by atoms with Crippen molar-refractivity contribution in [2.45, 2.75) is 69.9 Å². The summed E-state index contributed by atoms with van der Waals surface area (Å²) >= 11 is 6.43. The Morgan fingerprint density at radius 3 is 2.45 bits per heavy atom. The Labute approximate surface area is 226 Å². The van der Waals surface area contributed by atoms with Crippen LogP contribution in [-0.2, 0) is 15.4 Å². The van der Waals surface area contributed by atoms with E-state index in [1.54, 1.807) is 17.0 Å². The second-order valence-electron chi connectivity index (χ2n) is 11.6. The first kappa shape index (κ1) is 28.6. The minimum absolute atomic E-state index is 0.00656. The molecule has 0 spiro atoms. The monoisotopic (exact) mass is 570 g/mol. The summed E-state index contributed by atoms with van der Waals surface area (Å²) in [4.78, 5) is 29.3. The topological polar surface area (TPSA) is 67.2 Å². The maximum Gasteiger partial charge on any atom is 0.433 e. The molecule has 208 valence electrons. The number of piperazine rings is 1. The van der Waals surface area contributed by atoms with Crippen LogP contribution in [0.15, 0.2) is 24.8 Å². The number of carbonyl (C=O) groups is 2. The molecule has 2 amide bonds. The van der Waals surface area contributed by atoms with E-state index < -0.39 is 26.1 Å². The maximum atomic E-state index is 13.8. The number of amides is 2. The number of alkyl halides is 3. The van der Waals surface area contributed by atoms with Crippen molar-refractivity contribution in [1.82, 2.24) is 19.4 Å². The molecule has 7 nitrogen and oxygen atoms in total. The molecule has 0 unspecified atom stereocenters. The van der Waals surface area contributed by atoms with E-state index in [-0.39, 0.29) is 58.8 Å². The Hall–Kier alpha value is -2.37. The molecule has 4 rings (SSSR count). The average molecular weight is 571 g/mol. The van der Waals surface area contributed by atoms with Crippen molar-refractivity contribution in [2.75, 3.05) is 26.2 Å². The van der Waals surface area contributed by atoms with Gasteiger partial charge in [-0.25, -0.2) is 4.52 Å². The van der Waals surface area contributed by atoms with Crippen LogP contribution >= 0.6 is 11.6 Å². The van der Waals surface area contributed by atoms with Gasteiger partial charge < -0.3 is 14.2 Å². The highest BCUT2D eigenvalue weighted by Crippen LogP contribution is 2.43. The van der Waals surface area contributed by atoms with Crippen LogP contribution in [0.2, 0.25) is 23.2 Å². The fraction of sp³-hybridized carbons (Fsp3) is 0.577. The number of halogens is 4. The van der Waals surface area contributed by atoms with Gasteiger partial charge in [0.2, 0.25) is 5.91 Å². The summed E-state index contributed by atoms with van der Waals surface area (Å²) in [6.45, 7) is 15.0. The van der Waals surface area contributed by atoms with Gasteiger partial charge in [-0.3, -0.25) is 9.59 Å². The first-order valence-corrected chi connectivity index (χ1v) is 16.0. The zero-order valence-electron chi connectivity index (χ0n) is 22.4. The van der Waals surface area contributed by atoms with Crippen molar-refractivity contribution in [3.63, 3.8) is 0 Å². The lowest BCUT2D eigenvalue weighted by Crippen LogP contribution is -2.56. The Bertz CT molecular complexity index is 1270. The van der Waals surface area contributed by atoms with Crippen LogP contribution in [0.1, 0.15) is 61.3 Å². The largest absolute Gasteiger partial charge is 0.433 e. The summed E-state index contributed by atoms with van der Waals surface area (Å²) in [7, 11) is -2.05. The lowest BCUT2D eigenvalue weighted by atomic mass is 10.1. The molecule has 0 N–H and O–H groups in total. The molecule has 2 aromatic heterocycles. The van der Waals surface area contributed by atoms with Gasteiger partial charge in [0.25, 0.3) is 5.91 Å². The molecule has 12 heteroatoms. The average Bonchev–Trinajstić information content (AvgIpc) is 3.61. The number of aromatic nitrogens is 2. The van der Waals surface area contributed by atoms with E-state index in [1.807, 2.05) is 0 Å². The third kappa shape index (κ3) is 5.51. The number of hydrogen-bond donors (Lipinski definition) is 0. The fourth-order valence-electron chi connectivity index (χ4n) is 4.29. The van der Waals surface area contributed by atoms with Gasteiger partial charge in [0, 0.05) is 13.1 Å². The fourth-order valence-corrected chi connectivity index (χ4v) is 5.56. The van der Waals surface area contributed by atoms with E-state index in [9.17, 15) is 22.8 Å². The zero-order chi connectivity index (χ0) is 28.2. The van der Waals surface area contributed by atoms with Gasteiger partial charge in [0.1, 0.15) is 12.2 Å². The van der Waals surface area contributed by atoms with Crippen LogP contribution in [0.4, 0.5) is 13.2 Å². The van der Waals surface area contributed by atoms with E-state index in [0.29, 0.717) is 16.7 Å². The zero-order valence-corrected chi connectivity index (χ0v) is 24.1. The standard InChI is InChI=1S/C26H34ClF3N4O3Si/c1-7-18(15-37-38(5,6)25(2,3)4)33-11-10-32(14-21(33)35)24(36)23-22(27)19-12-17(16-8-9-16)13-20(26(28,29)30)34(19)31-23/h7,12-13,16,18H,1,8-11,14-15H2,2-6H3/t18-/m0/s1. The van der Waals surface area contributed by atoms with Crippen molar-refractivity contribution in [2.24, 2.45) is 0 Å². The second kappa shape index (κ2) is 9.98. The molecule has 2 fully saturated rings. The number of carbonyl (C=O) groups excluding carboxylic acids is 2. The normalized spacial score (nSPS) is 18.3. The van der Waals surface area contributed by atoms with Crippen LogP contribution < -0.4 is 0 Å². The number of pyridine rings is 1. The van der Waals surface area contributed by atoms with Gasteiger partial charge in [-0.15, -0.1) is 6.58 Å². The lowest BCUT2D eigenvalue weighted by molar-refractivity contribution is -0.142. The van der Waals surface area contributed by atoms with Gasteiger partial charge in [0.15, 0.2) is 14.0 Å². The van der Waals surface area contributed by atoms with Crippen LogP contribution in [0.5, 0.6) is 0 Å². The molecule has 38 heavy (non-hydrogen) atoms. The molecule has 0 bridgehead atoms. The molecule has 0 radical (unpaired) electrons. The third-order valence-electron chi connectivity index (χ3n) is 7.88. The minimum atomic E-state index is -4.67. The summed E-state index contributed by atoms with van der Waals surface area (Å²) in [6.07, 6.45) is -1.39. The molecule has 3 heterocycles. The molecule has 2 aliphatic rings. The van der Waals surface area contributed by atoms with E-state index in [4.69, 9.17) is 16.0 Å². The molecule has 1 atom stereocenters. The van der Waals surface area contributed by atoms with E-state index in [0.717, 1.165) is 18.9 Å².